The number of benzene rings is 1. The van der Waals surface area contributed by atoms with Gasteiger partial charge in [0.15, 0.2) is 0 Å². The van der Waals surface area contributed by atoms with Gasteiger partial charge in [0.05, 0.1) is 11.3 Å². The zero-order valence-electron chi connectivity index (χ0n) is 10.5. The van der Waals surface area contributed by atoms with E-state index in [1.807, 2.05) is 13.0 Å². The van der Waals surface area contributed by atoms with Crippen LogP contribution in [-0.4, -0.2) is 16.1 Å². The molecule has 1 N–H and O–H groups in total. The minimum Gasteiger partial charge on any atom is -0.478 e. The van der Waals surface area contributed by atoms with E-state index in [9.17, 15) is 4.79 Å². The Labute approximate surface area is 115 Å². The topological polar surface area (TPSA) is 59.4 Å². The van der Waals surface area contributed by atoms with E-state index in [0.29, 0.717) is 22.3 Å². The van der Waals surface area contributed by atoms with Crippen molar-refractivity contribution in [2.45, 2.75) is 13.8 Å². The number of pyridine rings is 1. The van der Waals surface area contributed by atoms with Crippen LogP contribution >= 0.6 is 11.6 Å². The summed E-state index contributed by atoms with van der Waals surface area (Å²) < 4.78 is 5.62. The first-order valence-electron chi connectivity index (χ1n) is 5.62. The molecule has 0 saturated heterocycles. The van der Waals surface area contributed by atoms with Gasteiger partial charge in [-0.25, -0.2) is 9.78 Å². The molecule has 0 radical (unpaired) electrons. The van der Waals surface area contributed by atoms with Crippen LogP contribution in [0.15, 0.2) is 30.3 Å². The summed E-state index contributed by atoms with van der Waals surface area (Å²) in [7, 11) is 0. The first kappa shape index (κ1) is 13.4. The van der Waals surface area contributed by atoms with Gasteiger partial charge in [-0.3, -0.25) is 0 Å². The molecule has 0 spiro atoms. The maximum absolute atomic E-state index is 10.9. The fourth-order valence-electron chi connectivity index (χ4n) is 1.62. The standard InChI is InChI=1S/C14H12ClNO3/c1-8-3-4-10(15)7-12(8)19-13-6-5-11(14(17)18)9(2)16-13/h3-7H,1-2H3,(H,17,18). The number of ether oxygens (including phenoxy) is 1. The van der Waals surface area contributed by atoms with E-state index in [1.54, 1.807) is 19.1 Å². The monoisotopic (exact) mass is 277 g/mol. The van der Waals surface area contributed by atoms with Crippen LogP contribution in [0.3, 0.4) is 0 Å². The van der Waals surface area contributed by atoms with E-state index >= 15 is 0 Å². The summed E-state index contributed by atoms with van der Waals surface area (Å²) in [5.41, 5.74) is 1.49. The number of aromatic carboxylic acids is 1. The summed E-state index contributed by atoms with van der Waals surface area (Å²) in [6.45, 7) is 3.52. The van der Waals surface area contributed by atoms with Crippen molar-refractivity contribution in [2.24, 2.45) is 0 Å². The lowest BCUT2D eigenvalue weighted by molar-refractivity contribution is 0.0695. The van der Waals surface area contributed by atoms with E-state index in [-0.39, 0.29) is 5.56 Å². The number of carboxylic acid groups (broad SMARTS) is 1. The Morgan fingerprint density at radius 2 is 2.00 bits per heavy atom. The van der Waals surface area contributed by atoms with Crippen molar-refractivity contribution in [3.63, 3.8) is 0 Å². The molecule has 0 fully saturated rings. The first-order chi connectivity index (χ1) is 8.97. The van der Waals surface area contributed by atoms with Crippen molar-refractivity contribution >= 4 is 17.6 Å². The van der Waals surface area contributed by atoms with Gasteiger partial charge >= 0.3 is 5.97 Å². The van der Waals surface area contributed by atoms with Crippen molar-refractivity contribution in [3.05, 3.63) is 52.2 Å². The van der Waals surface area contributed by atoms with Gasteiger partial charge in [0.1, 0.15) is 5.75 Å². The second-order valence-corrected chi connectivity index (χ2v) is 4.54. The van der Waals surface area contributed by atoms with Gasteiger partial charge in [-0.05, 0) is 37.6 Å². The third kappa shape index (κ3) is 3.03. The molecule has 1 aromatic heterocycles. The average molecular weight is 278 g/mol. The Bertz CT molecular complexity index is 641. The highest BCUT2D eigenvalue weighted by Gasteiger charge is 2.10. The van der Waals surface area contributed by atoms with Crippen LogP contribution in [0.5, 0.6) is 11.6 Å². The second-order valence-electron chi connectivity index (χ2n) is 4.10. The Kier molecular flexibility index (Phi) is 3.71. The van der Waals surface area contributed by atoms with Crippen LogP contribution in [0.2, 0.25) is 5.02 Å². The fraction of sp³-hybridized carbons (Fsp3) is 0.143. The van der Waals surface area contributed by atoms with Gasteiger partial charge in [-0.15, -0.1) is 0 Å². The summed E-state index contributed by atoms with van der Waals surface area (Å²) in [6, 6.07) is 8.31. The highest BCUT2D eigenvalue weighted by Crippen LogP contribution is 2.27. The average Bonchev–Trinajstić information content (AvgIpc) is 2.33. The zero-order chi connectivity index (χ0) is 14.0. The number of hydrogen-bond acceptors (Lipinski definition) is 3. The summed E-state index contributed by atoms with van der Waals surface area (Å²) >= 11 is 5.90. The lowest BCUT2D eigenvalue weighted by atomic mass is 10.2. The van der Waals surface area contributed by atoms with Crippen molar-refractivity contribution in [2.75, 3.05) is 0 Å². The predicted octanol–water partition coefficient (Wildman–Crippen LogP) is 3.84. The van der Waals surface area contributed by atoms with Crippen molar-refractivity contribution < 1.29 is 14.6 Å². The summed E-state index contributed by atoms with van der Waals surface area (Å²) in [6.07, 6.45) is 0. The number of rotatable bonds is 3. The second kappa shape index (κ2) is 5.28. The number of nitrogens with zero attached hydrogens (tertiary/aromatic N) is 1. The minimum atomic E-state index is -1.00. The molecule has 0 aliphatic rings. The number of carbonyl (C=O) groups is 1. The largest absolute Gasteiger partial charge is 0.478 e. The van der Waals surface area contributed by atoms with Crippen LogP contribution in [0.25, 0.3) is 0 Å². The summed E-state index contributed by atoms with van der Waals surface area (Å²) in [5.74, 6) is -0.0640. The molecule has 19 heavy (non-hydrogen) atoms. The smallest absolute Gasteiger partial charge is 0.337 e. The number of carboxylic acids is 1. The molecule has 0 unspecified atom stereocenters. The molecule has 2 aromatic rings. The van der Waals surface area contributed by atoms with E-state index in [2.05, 4.69) is 4.98 Å². The number of halogens is 1. The lowest BCUT2D eigenvalue weighted by Gasteiger charge is -2.09. The van der Waals surface area contributed by atoms with Gasteiger partial charge in [-0.2, -0.15) is 0 Å². The van der Waals surface area contributed by atoms with E-state index in [4.69, 9.17) is 21.4 Å². The van der Waals surface area contributed by atoms with E-state index in [0.717, 1.165) is 5.56 Å². The van der Waals surface area contributed by atoms with Crippen LogP contribution in [0.4, 0.5) is 0 Å². The molecule has 1 heterocycles. The summed E-state index contributed by atoms with van der Waals surface area (Å²) in [4.78, 5) is 15.0. The molecule has 0 atom stereocenters. The van der Waals surface area contributed by atoms with Gasteiger partial charge in [0.2, 0.25) is 5.88 Å². The van der Waals surface area contributed by atoms with E-state index in [1.165, 1.54) is 12.1 Å². The van der Waals surface area contributed by atoms with Crippen LogP contribution in [0.1, 0.15) is 21.6 Å². The number of aryl methyl sites for hydroxylation is 2. The third-order valence-electron chi connectivity index (χ3n) is 2.66. The van der Waals surface area contributed by atoms with Gasteiger partial charge in [-0.1, -0.05) is 17.7 Å². The van der Waals surface area contributed by atoms with Crippen molar-refractivity contribution in [1.29, 1.82) is 0 Å². The fourth-order valence-corrected chi connectivity index (χ4v) is 1.78. The summed E-state index contributed by atoms with van der Waals surface area (Å²) in [5, 5.41) is 9.50. The molecule has 5 heteroatoms. The minimum absolute atomic E-state index is 0.162. The zero-order valence-corrected chi connectivity index (χ0v) is 11.2. The van der Waals surface area contributed by atoms with Crippen molar-refractivity contribution in [1.82, 2.24) is 4.98 Å². The molecule has 0 saturated carbocycles. The predicted molar refractivity (Wildman–Crippen MR) is 72.2 cm³/mol. The molecule has 0 bridgehead atoms. The third-order valence-corrected chi connectivity index (χ3v) is 2.89. The Balaban J connectivity index is 2.31. The molecule has 2 rings (SSSR count). The maximum atomic E-state index is 10.9. The van der Waals surface area contributed by atoms with Crippen molar-refractivity contribution in [3.8, 4) is 11.6 Å². The van der Waals surface area contributed by atoms with Gasteiger partial charge < -0.3 is 9.84 Å². The van der Waals surface area contributed by atoms with Crippen LogP contribution in [-0.2, 0) is 0 Å². The number of aromatic nitrogens is 1. The molecule has 4 nitrogen and oxygen atoms in total. The Morgan fingerprint density at radius 1 is 1.26 bits per heavy atom. The molecule has 0 amide bonds. The maximum Gasteiger partial charge on any atom is 0.337 e. The molecule has 0 aliphatic carbocycles. The normalized spacial score (nSPS) is 10.3. The highest BCUT2D eigenvalue weighted by atomic mass is 35.5. The molecule has 98 valence electrons. The molecule has 0 aliphatic heterocycles. The SMILES string of the molecule is Cc1ccc(Cl)cc1Oc1ccc(C(=O)O)c(C)n1. The lowest BCUT2D eigenvalue weighted by Crippen LogP contribution is -2.02. The van der Waals surface area contributed by atoms with Gasteiger partial charge in [0.25, 0.3) is 0 Å². The Morgan fingerprint density at radius 3 is 2.63 bits per heavy atom. The molecule has 1 aromatic carbocycles. The van der Waals surface area contributed by atoms with Crippen LogP contribution in [0, 0.1) is 13.8 Å². The van der Waals surface area contributed by atoms with E-state index < -0.39 is 5.97 Å². The quantitative estimate of drug-likeness (QED) is 0.926. The first-order valence-corrected chi connectivity index (χ1v) is 6.00. The highest BCUT2D eigenvalue weighted by molar-refractivity contribution is 6.30. The Hall–Kier alpha value is -2.07. The number of hydrogen-bond donors (Lipinski definition) is 1. The molecular formula is C14H12ClNO3. The van der Waals surface area contributed by atoms with Gasteiger partial charge in [0, 0.05) is 11.1 Å². The molecular weight excluding hydrogens is 266 g/mol. The van der Waals surface area contributed by atoms with Crippen LogP contribution < -0.4 is 4.74 Å².